The fourth-order valence-corrected chi connectivity index (χ4v) is 3.07. The lowest BCUT2D eigenvalue weighted by Crippen LogP contribution is -2.20. The number of aromatic carboxylic acids is 1. The van der Waals surface area contributed by atoms with Crippen LogP contribution in [0.5, 0.6) is 5.75 Å². The van der Waals surface area contributed by atoms with Crippen molar-refractivity contribution in [3.8, 4) is 5.75 Å². The van der Waals surface area contributed by atoms with E-state index in [9.17, 15) is 9.59 Å². The maximum atomic E-state index is 11.8. The first-order valence-electron chi connectivity index (χ1n) is 5.66. The Hall–Kier alpha value is -1.57. The summed E-state index contributed by atoms with van der Waals surface area (Å²) in [6, 6.07) is 6.35. The molecule has 2 rings (SSSR count). The molecule has 0 unspecified atom stereocenters. The average molecular weight is 391 g/mol. The van der Waals surface area contributed by atoms with Gasteiger partial charge < -0.3 is 15.2 Å². The number of carbonyl (C=O) groups excluding carboxylic acids is 1. The van der Waals surface area contributed by atoms with Crippen LogP contribution in [-0.2, 0) is 4.79 Å². The number of halogens is 2. The molecule has 110 valence electrons. The molecule has 1 amide bonds. The monoisotopic (exact) mass is 389 g/mol. The smallest absolute Gasteiger partial charge is 0.338 e. The van der Waals surface area contributed by atoms with Gasteiger partial charge in [-0.05, 0) is 45.6 Å². The molecule has 2 aromatic rings. The first-order valence-corrected chi connectivity index (χ1v) is 7.71. The number of amides is 1. The number of carboxylic acid groups (broad SMARTS) is 1. The van der Waals surface area contributed by atoms with E-state index in [1.807, 2.05) is 0 Å². The van der Waals surface area contributed by atoms with E-state index in [-0.39, 0.29) is 17.2 Å². The number of ether oxygens (including phenoxy) is 1. The van der Waals surface area contributed by atoms with Crippen molar-refractivity contribution in [1.29, 1.82) is 0 Å². The molecule has 5 nitrogen and oxygen atoms in total. The van der Waals surface area contributed by atoms with Crippen molar-refractivity contribution in [2.45, 2.75) is 0 Å². The summed E-state index contributed by atoms with van der Waals surface area (Å²) in [5, 5.41) is 13.9. The van der Waals surface area contributed by atoms with E-state index in [1.165, 1.54) is 6.07 Å². The lowest BCUT2D eigenvalue weighted by molar-refractivity contribution is -0.118. The lowest BCUT2D eigenvalue weighted by Gasteiger charge is -2.08. The van der Waals surface area contributed by atoms with E-state index in [2.05, 4.69) is 21.2 Å². The topological polar surface area (TPSA) is 75.6 Å². The molecule has 1 aromatic carbocycles. The molecule has 1 heterocycles. The van der Waals surface area contributed by atoms with E-state index in [1.54, 1.807) is 23.6 Å². The van der Waals surface area contributed by atoms with Crippen molar-refractivity contribution in [2.24, 2.45) is 0 Å². The minimum atomic E-state index is -1.09. The summed E-state index contributed by atoms with van der Waals surface area (Å²) in [5.41, 5.74) is 0.0565. The molecule has 0 spiro atoms. The Labute approximate surface area is 137 Å². The summed E-state index contributed by atoms with van der Waals surface area (Å²) in [5.74, 6) is -1.06. The zero-order valence-corrected chi connectivity index (χ0v) is 13.6. The maximum absolute atomic E-state index is 11.8. The molecule has 0 aliphatic heterocycles. The normalized spacial score (nSPS) is 10.2. The van der Waals surface area contributed by atoms with Crippen LogP contribution in [0.25, 0.3) is 0 Å². The van der Waals surface area contributed by atoms with Gasteiger partial charge >= 0.3 is 5.97 Å². The fourth-order valence-electron chi connectivity index (χ4n) is 1.47. The highest BCUT2D eigenvalue weighted by Crippen LogP contribution is 2.28. The molecule has 0 saturated carbocycles. The average Bonchev–Trinajstić information content (AvgIpc) is 2.86. The summed E-state index contributed by atoms with van der Waals surface area (Å²) < 4.78 is 5.97. The summed E-state index contributed by atoms with van der Waals surface area (Å²) in [4.78, 5) is 22.7. The van der Waals surface area contributed by atoms with Gasteiger partial charge in [0, 0.05) is 5.02 Å². The molecule has 0 fully saturated rings. The second-order valence-electron chi connectivity index (χ2n) is 3.88. The third-order valence-electron chi connectivity index (χ3n) is 2.40. The molecule has 0 aliphatic rings. The van der Waals surface area contributed by atoms with Gasteiger partial charge in [-0.25, -0.2) is 4.79 Å². The minimum absolute atomic E-state index is 0.0565. The second-order valence-corrected chi connectivity index (χ2v) is 6.09. The van der Waals surface area contributed by atoms with Gasteiger partial charge in [-0.2, -0.15) is 0 Å². The number of rotatable bonds is 5. The van der Waals surface area contributed by atoms with E-state index >= 15 is 0 Å². The number of carbonyl (C=O) groups is 2. The van der Waals surface area contributed by atoms with Crippen molar-refractivity contribution in [1.82, 2.24) is 0 Å². The predicted molar refractivity (Wildman–Crippen MR) is 84.6 cm³/mol. The van der Waals surface area contributed by atoms with Gasteiger partial charge in [0.25, 0.3) is 5.91 Å². The Morgan fingerprint density at radius 1 is 1.38 bits per heavy atom. The standard InChI is InChI=1S/C13H9BrClNO4S/c14-9-5-7(15)1-2-10(9)20-6-11(17)16-12-8(13(18)19)3-4-21-12/h1-5H,6H2,(H,16,17)(H,18,19). The SMILES string of the molecule is O=C(COc1ccc(Cl)cc1Br)Nc1sccc1C(=O)O. The van der Waals surface area contributed by atoms with Crippen LogP contribution in [0.15, 0.2) is 34.1 Å². The third-order valence-corrected chi connectivity index (χ3v) is 4.09. The van der Waals surface area contributed by atoms with Crippen LogP contribution < -0.4 is 10.1 Å². The quantitative estimate of drug-likeness (QED) is 0.812. The highest BCUT2D eigenvalue weighted by atomic mass is 79.9. The van der Waals surface area contributed by atoms with Crippen LogP contribution in [0.2, 0.25) is 5.02 Å². The molecule has 0 radical (unpaired) electrons. The Balaban J connectivity index is 1.96. The van der Waals surface area contributed by atoms with E-state index in [4.69, 9.17) is 21.4 Å². The summed E-state index contributed by atoms with van der Waals surface area (Å²) >= 11 is 10.2. The highest BCUT2D eigenvalue weighted by molar-refractivity contribution is 9.10. The number of carboxylic acids is 1. The minimum Gasteiger partial charge on any atom is -0.483 e. The van der Waals surface area contributed by atoms with Gasteiger partial charge in [0.1, 0.15) is 10.8 Å². The molecule has 0 bridgehead atoms. The summed E-state index contributed by atoms with van der Waals surface area (Å²) in [6.07, 6.45) is 0. The molecule has 0 atom stereocenters. The first-order chi connectivity index (χ1) is 9.97. The largest absolute Gasteiger partial charge is 0.483 e. The van der Waals surface area contributed by atoms with Crippen LogP contribution in [0, 0.1) is 0 Å². The van der Waals surface area contributed by atoms with E-state index < -0.39 is 11.9 Å². The first kappa shape index (κ1) is 15.8. The molecule has 0 saturated heterocycles. The van der Waals surface area contributed by atoms with Gasteiger partial charge in [0.05, 0.1) is 10.0 Å². The van der Waals surface area contributed by atoms with Crippen molar-refractivity contribution < 1.29 is 19.4 Å². The van der Waals surface area contributed by atoms with Gasteiger partial charge in [-0.15, -0.1) is 11.3 Å². The Bertz CT molecular complexity index is 689. The van der Waals surface area contributed by atoms with Crippen molar-refractivity contribution >= 4 is 55.7 Å². The number of thiophene rings is 1. The number of hydrogen-bond donors (Lipinski definition) is 2. The molecular formula is C13H9BrClNO4S. The summed E-state index contributed by atoms with van der Waals surface area (Å²) in [7, 11) is 0. The highest BCUT2D eigenvalue weighted by Gasteiger charge is 2.14. The van der Waals surface area contributed by atoms with Crippen molar-refractivity contribution in [2.75, 3.05) is 11.9 Å². The zero-order chi connectivity index (χ0) is 15.4. The van der Waals surface area contributed by atoms with Crippen LogP contribution in [0.1, 0.15) is 10.4 Å². The lowest BCUT2D eigenvalue weighted by atomic mass is 10.3. The Morgan fingerprint density at radius 2 is 2.14 bits per heavy atom. The maximum Gasteiger partial charge on any atom is 0.338 e. The molecular weight excluding hydrogens is 382 g/mol. The molecule has 2 N–H and O–H groups in total. The molecule has 1 aromatic heterocycles. The van der Waals surface area contributed by atoms with Crippen LogP contribution >= 0.6 is 38.9 Å². The zero-order valence-electron chi connectivity index (χ0n) is 10.4. The van der Waals surface area contributed by atoms with Crippen molar-refractivity contribution in [3.05, 3.63) is 44.7 Å². The van der Waals surface area contributed by atoms with E-state index in [0.29, 0.717) is 15.2 Å². The third kappa shape index (κ3) is 4.20. The van der Waals surface area contributed by atoms with Gasteiger partial charge in [0.15, 0.2) is 6.61 Å². The van der Waals surface area contributed by atoms with Crippen LogP contribution in [0.3, 0.4) is 0 Å². The number of hydrogen-bond acceptors (Lipinski definition) is 4. The Kier molecular flexibility index (Phi) is 5.22. The summed E-state index contributed by atoms with van der Waals surface area (Å²) in [6.45, 7) is -0.239. The fraction of sp³-hybridized carbons (Fsp3) is 0.0769. The Morgan fingerprint density at radius 3 is 2.81 bits per heavy atom. The van der Waals surface area contributed by atoms with Crippen molar-refractivity contribution in [3.63, 3.8) is 0 Å². The van der Waals surface area contributed by atoms with Gasteiger partial charge in [0.2, 0.25) is 0 Å². The number of anilines is 1. The predicted octanol–water partition coefficient (Wildman–Crippen LogP) is 3.88. The number of nitrogens with one attached hydrogen (secondary N) is 1. The second kappa shape index (κ2) is 6.93. The van der Waals surface area contributed by atoms with Gasteiger partial charge in [-0.3, -0.25) is 4.79 Å². The molecule has 8 heteroatoms. The van der Waals surface area contributed by atoms with Crippen LogP contribution in [0.4, 0.5) is 5.00 Å². The number of benzene rings is 1. The molecule has 0 aliphatic carbocycles. The van der Waals surface area contributed by atoms with Gasteiger partial charge in [-0.1, -0.05) is 11.6 Å². The van der Waals surface area contributed by atoms with E-state index in [0.717, 1.165) is 11.3 Å². The van der Waals surface area contributed by atoms with Crippen LogP contribution in [-0.4, -0.2) is 23.6 Å². The molecule has 21 heavy (non-hydrogen) atoms.